The Morgan fingerprint density at radius 1 is 1.13 bits per heavy atom. The highest BCUT2D eigenvalue weighted by molar-refractivity contribution is 7.89. The Kier molecular flexibility index (Phi) is 7.61. The van der Waals surface area contributed by atoms with Gasteiger partial charge in [-0.25, -0.2) is 17.9 Å². The number of nitrogens with one attached hydrogen (secondary N) is 2. The molecule has 1 aromatic heterocycles. The molecule has 3 aromatic rings. The number of rotatable bonds is 10. The Bertz CT molecular complexity index is 1510. The third-order valence-electron chi connectivity index (χ3n) is 6.41. The van der Waals surface area contributed by atoms with Crippen LogP contribution in [0, 0.1) is 32.6 Å². The van der Waals surface area contributed by atoms with Crippen molar-refractivity contribution in [2.75, 3.05) is 11.9 Å². The number of carboxylic acid groups (broad SMARTS) is 1. The molecule has 4 rings (SSSR count). The molecule has 0 spiro atoms. The fourth-order valence-electron chi connectivity index (χ4n) is 3.86. The third-order valence-corrected chi connectivity index (χ3v) is 7.86. The third kappa shape index (κ3) is 5.73. The zero-order valence-electron chi connectivity index (χ0n) is 22.0. The summed E-state index contributed by atoms with van der Waals surface area (Å²) < 4.78 is 36.9. The summed E-state index contributed by atoms with van der Waals surface area (Å²) in [4.78, 5) is 24.1. The second kappa shape index (κ2) is 10.6. The molecule has 0 aliphatic heterocycles. The van der Waals surface area contributed by atoms with Gasteiger partial charge in [-0.15, -0.1) is 0 Å². The summed E-state index contributed by atoms with van der Waals surface area (Å²) in [6.45, 7) is 9.33. The molecule has 0 radical (unpaired) electrons. The van der Waals surface area contributed by atoms with Crippen LogP contribution in [-0.4, -0.2) is 41.7 Å². The second-order valence-corrected chi connectivity index (χ2v) is 11.7. The molecule has 0 bridgehead atoms. The monoisotopic (exact) mass is 540 g/mol. The predicted molar refractivity (Wildman–Crippen MR) is 143 cm³/mol. The van der Waals surface area contributed by atoms with Crippen molar-refractivity contribution in [1.29, 1.82) is 0 Å². The molecule has 11 heteroatoms. The number of hydrogen-bond donors (Lipinski definition) is 3. The highest BCUT2D eigenvalue weighted by atomic mass is 32.2. The minimum Gasteiger partial charge on any atom is -0.476 e. The van der Waals surface area contributed by atoms with Crippen molar-refractivity contribution in [1.82, 2.24) is 14.5 Å². The van der Waals surface area contributed by atoms with Crippen molar-refractivity contribution in [2.45, 2.75) is 52.4 Å². The normalized spacial score (nSPS) is 13.5. The molecule has 0 atom stereocenters. The number of aryl methyl sites for hydroxylation is 1. The standard InChI is InChI=1S/C27H32N4O6S/c1-15(2)14-28-38(35,36)23-13-20(29-25(32)19-9-10-19)11-12-22(23)37-26-18(5)24(27(33)34)30-31(26)21-8-6-7-16(3)17(21)4/h6-8,11-13,15,19,28H,9-10,14H2,1-5H3,(H,29,32)(H,33,34). The van der Waals surface area contributed by atoms with Crippen LogP contribution in [-0.2, 0) is 14.8 Å². The molecule has 1 aliphatic rings. The first kappa shape index (κ1) is 27.3. The molecule has 1 heterocycles. The zero-order valence-corrected chi connectivity index (χ0v) is 22.8. The Morgan fingerprint density at radius 3 is 2.47 bits per heavy atom. The van der Waals surface area contributed by atoms with Gasteiger partial charge >= 0.3 is 5.97 Å². The molecule has 0 saturated heterocycles. The molecule has 3 N–H and O–H groups in total. The Balaban J connectivity index is 1.83. The fraction of sp³-hybridized carbons (Fsp3) is 0.370. The number of carbonyl (C=O) groups excluding carboxylic acids is 1. The first-order valence-corrected chi connectivity index (χ1v) is 13.9. The average molecular weight is 541 g/mol. The van der Waals surface area contributed by atoms with E-state index < -0.39 is 16.0 Å². The van der Waals surface area contributed by atoms with E-state index in [0.717, 1.165) is 24.0 Å². The molecule has 1 aliphatic carbocycles. The van der Waals surface area contributed by atoms with E-state index in [4.69, 9.17) is 4.74 Å². The zero-order chi connectivity index (χ0) is 27.8. The smallest absolute Gasteiger partial charge is 0.356 e. The van der Waals surface area contributed by atoms with E-state index in [2.05, 4.69) is 15.1 Å². The van der Waals surface area contributed by atoms with Crippen molar-refractivity contribution in [3.05, 3.63) is 58.8 Å². The first-order valence-electron chi connectivity index (χ1n) is 12.4. The lowest BCUT2D eigenvalue weighted by molar-refractivity contribution is -0.117. The number of sulfonamides is 1. The van der Waals surface area contributed by atoms with Gasteiger partial charge < -0.3 is 15.2 Å². The Labute approximate surface area is 222 Å². The number of carboxylic acids is 1. The van der Waals surface area contributed by atoms with Crippen molar-refractivity contribution < 1.29 is 27.9 Å². The van der Waals surface area contributed by atoms with Crippen LogP contribution in [0.15, 0.2) is 41.3 Å². The molecule has 2 aromatic carbocycles. The number of benzene rings is 2. The minimum atomic E-state index is -4.06. The van der Waals surface area contributed by atoms with Crippen molar-refractivity contribution in [3.8, 4) is 17.3 Å². The lowest BCUT2D eigenvalue weighted by Gasteiger charge is -2.17. The van der Waals surface area contributed by atoms with E-state index in [1.165, 1.54) is 16.8 Å². The summed E-state index contributed by atoms with van der Waals surface area (Å²) >= 11 is 0. The highest BCUT2D eigenvalue weighted by Gasteiger charge is 2.31. The van der Waals surface area contributed by atoms with Gasteiger partial charge in [-0.05, 0) is 74.9 Å². The van der Waals surface area contributed by atoms with Crippen LogP contribution in [0.3, 0.4) is 0 Å². The summed E-state index contributed by atoms with van der Waals surface area (Å²) in [5.41, 5.74) is 2.78. The van der Waals surface area contributed by atoms with E-state index in [9.17, 15) is 23.1 Å². The molecule has 10 nitrogen and oxygen atoms in total. The lowest BCUT2D eigenvalue weighted by Crippen LogP contribution is -2.28. The van der Waals surface area contributed by atoms with Crippen LogP contribution in [0.1, 0.15) is 53.9 Å². The van der Waals surface area contributed by atoms with Crippen LogP contribution in [0.25, 0.3) is 5.69 Å². The SMILES string of the molecule is Cc1cccc(-n2nc(C(=O)O)c(C)c2Oc2ccc(NC(=O)C3CC3)cc2S(=O)(=O)NCC(C)C)c1C. The Hall–Kier alpha value is -3.70. The van der Waals surface area contributed by atoms with Gasteiger partial charge in [0.1, 0.15) is 10.6 Å². The van der Waals surface area contributed by atoms with E-state index in [-0.39, 0.29) is 52.1 Å². The lowest BCUT2D eigenvalue weighted by atomic mass is 10.1. The number of ether oxygens (including phenoxy) is 1. The number of nitrogens with zero attached hydrogens (tertiary/aromatic N) is 2. The van der Waals surface area contributed by atoms with Crippen LogP contribution >= 0.6 is 0 Å². The largest absolute Gasteiger partial charge is 0.476 e. The number of aromatic carboxylic acids is 1. The molecule has 202 valence electrons. The number of hydrogen-bond acceptors (Lipinski definition) is 6. The Morgan fingerprint density at radius 2 is 1.84 bits per heavy atom. The van der Waals surface area contributed by atoms with Crippen LogP contribution < -0.4 is 14.8 Å². The van der Waals surface area contributed by atoms with Crippen LogP contribution in [0.4, 0.5) is 5.69 Å². The van der Waals surface area contributed by atoms with E-state index in [1.807, 2.05) is 39.8 Å². The maximum Gasteiger partial charge on any atom is 0.356 e. The van der Waals surface area contributed by atoms with Gasteiger partial charge in [0.05, 0.1) is 5.69 Å². The molecule has 0 unspecified atom stereocenters. The maximum absolute atomic E-state index is 13.4. The number of aromatic nitrogens is 2. The van der Waals surface area contributed by atoms with Crippen molar-refractivity contribution in [3.63, 3.8) is 0 Å². The van der Waals surface area contributed by atoms with Crippen molar-refractivity contribution >= 4 is 27.6 Å². The van der Waals surface area contributed by atoms with Gasteiger partial charge in [-0.2, -0.15) is 9.78 Å². The van der Waals surface area contributed by atoms with Crippen molar-refractivity contribution in [2.24, 2.45) is 11.8 Å². The fourth-order valence-corrected chi connectivity index (χ4v) is 5.23. The number of anilines is 1. The van der Waals surface area contributed by atoms with Gasteiger partial charge in [0.15, 0.2) is 5.69 Å². The van der Waals surface area contributed by atoms with E-state index in [1.54, 1.807) is 19.1 Å². The highest BCUT2D eigenvalue weighted by Crippen LogP contribution is 2.37. The van der Waals surface area contributed by atoms with Gasteiger partial charge in [-0.3, -0.25) is 4.79 Å². The minimum absolute atomic E-state index is 0.0304. The molecular weight excluding hydrogens is 508 g/mol. The maximum atomic E-state index is 13.4. The topological polar surface area (TPSA) is 140 Å². The molecule has 38 heavy (non-hydrogen) atoms. The quantitative estimate of drug-likeness (QED) is 0.342. The van der Waals surface area contributed by atoms with Gasteiger partial charge in [0, 0.05) is 23.7 Å². The molecule has 1 saturated carbocycles. The number of amides is 1. The number of carbonyl (C=O) groups is 2. The summed E-state index contributed by atoms with van der Waals surface area (Å²) in [5, 5.41) is 16.8. The summed E-state index contributed by atoms with van der Waals surface area (Å²) in [6, 6.07) is 9.89. The average Bonchev–Trinajstić information content (AvgIpc) is 3.66. The van der Waals surface area contributed by atoms with Crippen LogP contribution in [0.5, 0.6) is 11.6 Å². The molecule has 1 amide bonds. The van der Waals surface area contributed by atoms with Gasteiger partial charge in [0.2, 0.25) is 21.8 Å². The van der Waals surface area contributed by atoms with Gasteiger partial charge in [0.25, 0.3) is 0 Å². The van der Waals surface area contributed by atoms with E-state index >= 15 is 0 Å². The summed E-state index contributed by atoms with van der Waals surface area (Å²) in [7, 11) is -4.06. The molecular formula is C27H32N4O6S. The molecule has 1 fully saturated rings. The van der Waals surface area contributed by atoms with Crippen LogP contribution in [0.2, 0.25) is 0 Å². The summed E-state index contributed by atoms with van der Waals surface area (Å²) in [5.74, 6) is -1.36. The second-order valence-electron chi connectivity index (χ2n) is 9.99. The predicted octanol–water partition coefficient (Wildman–Crippen LogP) is 4.57. The van der Waals surface area contributed by atoms with Gasteiger partial charge in [-0.1, -0.05) is 26.0 Å². The van der Waals surface area contributed by atoms with E-state index in [0.29, 0.717) is 11.4 Å². The first-order chi connectivity index (χ1) is 17.9. The summed E-state index contributed by atoms with van der Waals surface area (Å²) in [6.07, 6.45) is 1.61.